The molecule has 0 spiro atoms. The van der Waals surface area contributed by atoms with E-state index in [9.17, 15) is 0 Å². The van der Waals surface area contributed by atoms with Crippen LogP contribution < -0.4 is 5.32 Å². The number of nitrogens with one attached hydrogen (secondary N) is 1. The molecular weight excluding hydrogens is 220 g/mol. The van der Waals surface area contributed by atoms with Crippen LogP contribution >= 0.6 is 11.8 Å². The molecule has 0 bridgehead atoms. The molecule has 2 aromatic rings. The van der Waals surface area contributed by atoms with E-state index in [1.807, 2.05) is 28.8 Å². The molecule has 0 unspecified atom stereocenters. The topological polar surface area (TPSA) is 42.2 Å². The highest BCUT2D eigenvalue weighted by molar-refractivity contribution is 7.99. The molecule has 1 saturated heterocycles. The van der Waals surface area contributed by atoms with Gasteiger partial charge in [-0.3, -0.25) is 4.40 Å². The third-order valence-corrected chi connectivity index (χ3v) is 3.88. The Balaban J connectivity index is 1.64. The van der Waals surface area contributed by atoms with Crippen molar-refractivity contribution < 1.29 is 0 Å². The summed E-state index contributed by atoms with van der Waals surface area (Å²) in [4.78, 5) is 0. The molecule has 4 nitrogen and oxygen atoms in total. The SMILES string of the molecule is c1ccn2c(SCCC3CNC3)nnc2c1. The number of rotatable bonds is 4. The Bertz CT molecular complexity index is 478. The first-order chi connectivity index (χ1) is 7.93. The van der Waals surface area contributed by atoms with E-state index in [-0.39, 0.29) is 0 Å². The van der Waals surface area contributed by atoms with Gasteiger partial charge >= 0.3 is 0 Å². The van der Waals surface area contributed by atoms with Gasteiger partial charge in [0.05, 0.1) is 0 Å². The highest BCUT2D eigenvalue weighted by Crippen LogP contribution is 2.20. The maximum Gasteiger partial charge on any atom is 0.195 e. The second-order valence-corrected chi connectivity index (χ2v) is 5.13. The first-order valence-electron chi connectivity index (χ1n) is 5.57. The fraction of sp³-hybridized carbons (Fsp3) is 0.455. The Hall–Kier alpha value is -1.07. The van der Waals surface area contributed by atoms with Crippen LogP contribution in [0, 0.1) is 5.92 Å². The molecule has 1 aliphatic rings. The number of hydrogen-bond acceptors (Lipinski definition) is 4. The zero-order valence-corrected chi connectivity index (χ0v) is 9.78. The number of fused-ring (bicyclic) bond motifs is 1. The molecule has 16 heavy (non-hydrogen) atoms. The summed E-state index contributed by atoms with van der Waals surface area (Å²) in [6.07, 6.45) is 3.28. The zero-order valence-electron chi connectivity index (χ0n) is 8.97. The lowest BCUT2D eigenvalue weighted by Gasteiger charge is -2.26. The van der Waals surface area contributed by atoms with Crippen LogP contribution in [-0.4, -0.2) is 33.4 Å². The predicted molar refractivity (Wildman–Crippen MR) is 64.7 cm³/mol. The third kappa shape index (κ3) is 1.92. The van der Waals surface area contributed by atoms with E-state index in [0.717, 1.165) is 22.5 Å². The molecule has 2 aromatic heterocycles. The van der Waals surface area contributed by atoms with Crippen LogP contribution in [-0.2, 0) is 0 Å². The van der Waals surface area contributed by atoms with Crippen LogP contribution in [0.4, 0.5) is 0 Å². The lowest BCUT2D eigenvalue weighted by Crippen LogP contribution is -2.42. The van der Waals surface area contributed by atoms with Crippen LogP contribution in [0.15, 0.2) is 29.6 Å². The minimum atomic E-state index is 0.867. The largest absolute Gasteiger partial charge is 0.316 e. The van der Waals surface area contributed by atoms with E-state index in [4.69, 9.17) is 0 Å². The van der Waals surface area contributed by atoms with Crippen molar-refractivity contribution in [3.05, 3.63) is 24.4 Å². The van der Waals surface area contributed by atoms with E-state index in [2.05, 4.69) is 15.5 Å². The van der Waals surface area contributed by atoms with Gasteiger partial charge in [0.15, 0.2) is 10.8 Å². The lowest BCUT2D eigenvalue weighted by atomic mass is 10.0. The van der Waals surface area contributed by atoms with Gasteiger partial charge in [0, 0.05) is 11.9 Å². The quantitative estimate of drug-likeness (QED) is 0.813. The van der Waals surface area contributed by atoms with Crippen molar-refractivity contribution in [2.75, 3.05) is 18.8 Å². The molecule has 5 heteroatoms. The van der Waals surface area contributed by atoms with E-state index in [1.54, 1.807) is 11.8 Å². The number of nitrogens with zero attached hydrogens (tertiary/aromatic N) is 3. The standard InChI is InChI=1S/C11H14N4S/c1-2-5-15-10(3-1)13-14-11(15)16-6-4-9-7-12-8-9/h1-3,5,9,12H,4,6-8H2. The van der Waals surface area contributed by atoms with Crippen molar-refractivity contribution in [1.82, 2.24) is 19.9 Å². The molecule has 0 saturated carbocycles. The van der Waals surface area contributed by atoms with Crippen molar-refractivity contribution in [1.29, 1.82) is 0 Å². The minimum absolute atomic E-state index is 0.867. The molecule has 0 aliphatic carbocycles. The second kappa shape index (κ2) is 4.43. The summed E-state index contributed by atoms with van der Waals surface area (Å²) in [6, 6.07) is 5.97. The molecule has 0 amide bonds. The van der Waals surface area contributed by atoms with Crippen LogP contribution in [0.5, 0.6) is 0 Å². The normalized spacial score (nSPS) is 16.5. The maximum atomic E-state index is 4.20. The van der Waals surface area contributed by atoms with E-state index >= 15 is 0 Å². The highest BCUT2D eigenvalue weighted by Gasteiger charge is 2.16. The molecule has 1 aliphatic heterocycles. The van der Waals surface area contributed by atoms with Crippen LogP contribution in [0.25, 0.3) is 5.65 Å². The summed E-state index contributed by atoms with van der Waals surface area (Å²) in [6.45, 7) is 2.36. The Labute approximate surface area is 98.4 Å². The first-order valence-corrected chi connectivity index (χ1v) is 6.55. The Morgan fingerprint density at radius 3 is 3.12 bits per heavy atom. The van der Waals surface area contributed by atoms with E-state index in [0.29, 0.717) is 0 Å². The summed E-state index contributed by atoms with van der Waals surface area (Å²) in [5.74, 6) is 1.99. The molecule has 1 N–H and O–H groups in total. The third-order valence-electron chi connectivity index (χ3n) is 2.91. The van der Waals surface area contributed by atoms with Gasteiger partial charge in [0.1, 0.15) is 0 Å². The average Bonchev–Trinajstić information content (AvgIpc) is 2.65. The molecule has 1 fully saturated rings. The number of thioether (sulfide) groups is 1. The lowest BCUT2D eigenvalue weighted by molar-refractivity contribution is 0.341. The van der Waals surface area contributed by atoms with Gasteiger partial charge in [-0.15, -0.1) is 10.2 Å². The number of aromatic nitrogens is 3. The minimum Gasteiger partial charge on any atom is -0.316 e. The van der Waals surface area contributed by atoms with Gasteiger partial charge in [0.2, 0.25) is 0 Å². The van der Waals surface area contributed by atoms with Crippen LogP contribution in [0.3, 0.4) is 0 Å². The number of pyridine rings is 1. The zero-order chi connectivity index (χ0) is 10.8. The average molecular weight is 234 g/mol. The van der Waals surface area contributed by atoms with E-state index in [1.165, 1.54) is 19.5 Å². The summed E-state index contributed by atoms with van der Waals surface area (Å²) in [5.41, 5.74) is 0.926. The van der Waals surface area contributed by atoms with Crippen molar-refractivity contribution >= 4 is 17.4 Å². The summed E-state index contributed by atoms with van der Waals surface area (Å²) < 4.78 is 2.05. The van der Waals surface area contributed by atoms with Crippen LogP contribution in [0.1, 0.15) is 6.42 Å². The van der Waals surface area contributed by atoms with Crippen molar-refractivity contribution in [2.45, 2.75) is 11.6 Å². The fourth-order valence-corrected chi connectivity index (χ4v) is 2.81. The first kappa shape index (κ1) is 10.1. The van der Waals surface area contributed by atoms with Crippen molar-refractivity contribution in [2.24, 2.45) is 5.92 Å². The summed E-state index contributed by atoms with van der Waals surface area (Å²) in [7, 11) is 0. The molecule has 3 rings (SSSR count). The van der Waals surface area contributed by atoms with Gasteiger partial charge in [0.25, 0.3) is 0 Å². The Morgan fingerprint density at radius 1 is 1.38 bits per heavy atom. The Kier molecular flexibility index (Phi) is 2.80. The second-order valence-electron chi connectivity index (χ2n) is 4.07. The molecular formula is C11H14N4S. The predicted octanol–water partition coefficient (Wildman–Crippen LogP) is 1.43. The molecule has 84 valence electrons. The fourth-order valence-electron chi connectivity index (χ4n) is 1.79. The molecule has 3 heterocycles. The number of hydrogen-bond donors (Lipinski definition) is 1. The van der Waals surface area contributed by atoms with E-state index < -0.39 is 0 Å². The summed E-state index contributed by atoms with van der Waals surface area (Å²) in [5, 5.41) is 12.6. The van der Waals surface area contributed by atoms with Gasteiger partial charge in [-0.2, -0.15) is 0 Å². The van der Waals surface area contributed by atoms with Crippen molar-refractivity contribution in [3.63, 3.8) is 0 Å². The molecule has 0 radical (unpaired) electrons. The van der Waals surface area contributed by atoms with Gasteiger partial charge in [-0.05, 0) is 37.6 Å². The highest BCUT2D eigenvalue weighted by atomic mass is 32.2. The maximum absolute atomic E-state index is 4.20. The van der Waals surface area contributed by atoms with Gasteiger partial charge in [-0.25, -0.2) is 0 Å². The van der Waals surface area contributed by atoms with Gasteiger partial charge < -0.3 is 5.32 Å². The Morgan fingerprint density at radius 2 is 2.31 bits per heavy atom. The van der Waals surface area contributed by atoms with Gasteiger partial charge in [-0.1, -0.05) is 17.8 Å². The monoisotopic (exact) mass is 234 g/mol. The smallest absolute Gasteiger partial charge is 0.195 e. The van der Waals surface area contributed by atoms with Crippen molar-refractivity contribution in [3.8, 4) is 0 Å². The molecule has 0 atom stereocenters. The molecule has 0 aromatic carbocycles. The summed E-state index contributed by atoms with van der Waals surface area (Å²) >= 11 is 1.80. The van der Waals surface area contributed by atoms with Crippen LogP contribution in [0.2, 0.25) is 0 Å².